The molecule has 0 saturated heterocycles. The van der Waals surface area contributed by atoms with Gasteiger partial charge in [0.2, 0.25) is 0 Å². The molecule has 80 valence electrons. The Morgan fingerprint density at radius 2 is 1.54 bits per heavy atom. The van der Waals surface area contributed by atoms with Gasteiger partial charge in [0.25, 0.3) is 0 Å². The summed E-state index contributed by atoms with van der Waals surface area (Å²) in [6.45, 7) is 0.317. The van der Waals surface area contributed by atoms with E-state index in [9.17, 15) is 5.11 Å². The second kappa shape index (κ2) is 5.51. The highest BCUT2D eigenvalue weighted by molar-refractivity contribution is 4.82. The first-order chi connectivity index (χ1) is 6.00. The first-order valence-corrected chi connectivity index (χ1v) is 4.19. The Labute approximate surface area is 77.3 Å². The second-order valence-corrected chi connectivity index (χ2v) is 3.56. The fourth-order valence-electron chi connectivity index (χ4n) is 0.878. The van der Waals surface area contributed by atoms with Crippen molar-refractivity contribution in [2.75, 3.05) is 19.8 Å². The van der Waals surface area contributed by atoms with E-state index in [1.54, 1.807) is 0 Å². The third-order valence-corrected chi connectivity index (χ3v) is 2.23. The van der Waals surface area contributed by atoms with Crippen LogP contribution in [0, 0.1) is 5.41 Å². The predicted molar refractivity (Wildman–Crippen MR) is 46.0 cm³/mol. The Bertz CT molecular complexity index is 134. The quantitative estimate of drug-likeness (QED) is 0.339. The summed E-state index contributed by atoms with van der Waals surface area (Å²) in [7, 11) is 0. The van der Waals surface area contributed by atoms with Crippen LogP contribution in [-0.2, 0) is 0 Å². The summed E-state index contributed by atoms with van der Waals surface area (Å²) >= 11 is 0. The lowest BCUT2D eigenvalue weighted by molar-refractivity contribution is -0.0662. The fraction of sp³-hybridized carbons (Fsp3) is 1.00. The molecule has 0 aliphatic carbocycles. The smallest absolute Gasteiger partial charge is 0.0795 e. The summed E-state index contributed by atoms with van der Waals surface area (Å²) in [5.74, 6) is 0. The normalized spacial score (nSPS) is 17.1. The van der Waals surface area contributed by atoms with Crippen LogP contribution in [0.3, 0.4) is 0 Å². The van der Waals surface area contributed by atoms with E-state index in [1.165, 1.54) is 6.92 Å². The van der Waals surface area contributed by atoms with Crippen LogP contribution in [0.4, 0.5) is 0 Å². The minimum absolute atomic E-state index is 0.0614. The lowest BCUT2D eigenvalue weighted by Gasteiger charge is -2.31. The standard InChI is InChI=1S/C8H18O5/c1-8(4-10,5-11)7(13)2-6(12)3-9/h6-7,9-13H,2-5H2,1H3. The zero-order valence-electron chi connectivity index (χ0n) is 7.72. The van der Waals surface area contributed by atoms with Crippen LogP contribution in [0.15, 0.2) is 0 Å². The maximum atomic E-state index is 9.48. The largest absolute Gasteiger partial charge is 0.396 e. The summed E-state index contributed by atoms with van der Waals surface area (Å²) in [5, 5.41) is 44.8. The van der Waals surface area contributed by atoms with Gasteiger partial charge in [-0.05, 0) is 0 Å². The Morgan fingerprint density at radius 1 is 1.08 bits per heavy atom. The molecule has 0 aromatic rings. The van der Waals surface area contributed by atoms with Gasteiger partial charge in [-0.3, -0.25) is 0 Å². The topological polar surface area (TPSA) is 101 Å². The van der Waals surface area contributed by atoms with E-state index < -0.39 is 24.2 Å². The summed E-state index contributed by atoms with van der Waals surface area (Å²) in [6.07, 6.45) is -2.12. The molecular weight excluding hydrogens is 176 g/mol. The maximum absolute atomic E-state index is 9.48. The van der Waals surface area contributed by atoms with Gasteiger partial charge in [-0.25, -0.2) is 0 Å². The van der Waals surface area contributed by atoms with Gasteiger partial charge in [-0.15, -0.1) is 0 Å². The van der Waals surface area contributed by atoms with E-state index in [4.69, 9.17) is 20.4 Å². The molecule has 5 N–H and O–H groups in total. The van der Waals surface area contributed by atoms with Crippen molar-refractivity contribution >= 4 is 0 Å². The Balaban J connectivity index is 4.13. The molecule has 0 bridgehead atoms. The maximum Gasteiger partial charge on any atom is 0.0795 e. The molecule has 0 aliphatic rings. The minimum atomic E-state index is -1.04. The van der Waals surface area contributed by atoms with E-state index in [0.717, 1.165) is 0 Å². The van der Waals surface area contributed by atoms with Gasteiger partial charge < -0.3 is 25.5 Å². The summed E-state index contributed by atoms with van der Waals surface area (Å²) in [6, 6.07) is 0. The lowest BCUT2D eigenvalue weighted by atomic mass is 9.83. The van der Waals surface area contributed by atoms with Gasteiger partial charge in [-0.1, -0.05) is 6.92 Å². The molecule has 0 saturated carbocycles. The average molecular weight is 194 g/mol. The highest BCUT2D eigenvalue weighted by Gasteiger charge is 2.32. The molecule has 0 aliphatic heterocycles. The molecule has 0 amide bonds. The Kier molecular flexibility index (Phi) is 5.43. The van der Waals surface area contributed by atoms with Crippen molar-refractivity contribution in [1.82, 2.24) is 0 Å². The second-order valence-electron chi connectivity index (χ2n) is 3.56. The van der Waals surface area contributed by atoms with Crippen molar-refractivity contribution < 1.29 is 25.5 Å². The van der Waals surface area contributed by atoms with Crippen molar-refractivity contribution in [2.24, 2.45) is 5.41 Å². The van der Waals surface area contributed by atoms with Crippen LogP contribution in [-0.4, -0.2) is 57.6 Å². The number of hydrogen-bond acceptors (Lipinski definition) is 5. The van der Waals surface area contributed by atoms with E-state index in [1.807, 2.05) is 0 Å². The number of hydrogen-bond donors (Lipinski definition) is 5. The number of rotatable bonds is 6. The highest BCUT2D eigenvalue weighted by atomic mass is 16.3. The molecule has 2 atom stereocenters. The van der Waals surface area contributed by atoms with E-state index in [0.29, 0.717) is 0 Å². The summed E-state index contributed by atoms with van der Waals surface area (Å²) < 4.78 is 0. The van der Waals surface area contributed by atoms with Crippen LogP contribution in [0.1, 0.15) is 13.3 Å². The Hall–Kier alpha value is -0.200. The summed E-state index contributed by atoms with van der Waals surface area (Å²) in [4.78, 5) is 0. The van der Waals surface area contributed by atoms with Crippen molar-refractivity contribution in [1.29, 1.82) is 0 Å². The van der Waals surface area contributed by atoms with Crippen molar-refractivity contribution in [3.8, 4) is 0 Å². The van der Waals surface area contributed by atoms with Crippen LogP contribution < -0.4 is 0 Å². The van der Waals surface area contributed by atoms with Crippen molar-refractivity contribution in [2.45, 2.75) is 25.6 Å². The van der Waals surface area contributed by atoms with Crippen molar-refractivity contribution in [3.63, 3.8) is 0 Å². The lowest BCUT2D eigenvalue weighted by Crippen LogP contribution is -2.41. The molecule has 0 aromatic heterocycles. The van der Waals surface area contributed by atoms with E-state index in [-0.39, 0.29) is 19.6 Å². The third-order valence-electron chi connectivity index (χ3n) is 2.23. The molecule has 0 radical (unpaired) electrons. The first-order valence-electron chi connectivity index (χ1n) is 4.19. The van der Waals surface area contributed by atoms with Gasteiger partial charge >= 0.3 is 0 Å². The molecule has 0 fully saturated rings. The molecule has 5 nitrogen and oxygen atoms in total. The SMILES string of the molecule is CC(CO)(CO)C(O)CC(O)CO. The average Bonchev–Trinajstić information content (AvgIpc) is 2.16. The fourth-order valence-corrected chi connectivity index (χ4v) is 0.878. The van der Waals surface area contributed by atoms with Gasteiger partial charge in [0.15, 0.2) is 0 Å². The van der Waals surface area contributed by atoms with Crippen LogP contribution >= 0.6 is 0 Å². The molecule has 13 heavy (non-hydrogen) atoms. The predicted octanol–water partition coefficient (Wildman–Crippen LogP) is -1.92. The van der Waals surface area contributed by atoms with Crippen LogP contribution in [0.2, 0.25) is 0 Å². The number of aliphatic hydroxyl groups excluding tert-OH is 5. The van der Waals surface area contributed by atoms with Gasteiger partial charge in [0.05, 0.1) is 32.0 Å². The van der Waals surface area contributed by atoms with E-state index in [2.05, 4.69) is 0 Å². The molecule has 0 aromatic carbocycles. The third kappa shape index (κ3) is 3.58. The minimum Gasteiger partial charge on any atom is -0.396 e. The molecular formula is C8H18O5. The molecule has 0 heterocycles. The molecule has 0 rings (SSSR count). The van der Waals surface area contributed by atoms with Crippen LogP contribution in [0.25, 0.3) is 0 Å². The Morgan fingerprint density at radius 3 is 1.85 bits per heavy atom. The zero-order valence-corrected chi connectivity index (χ0v) is 7.72. The molecule has 0 spiro atoms. The van der Waals surface area contributed by atoms with Gasteiger partial charge in [-0.2, -0.15) is 0 Å². The van der Waals surface area contributed by atoms with E-state index >= 15 is 0 Å². The van der Waals surface area contributed by atoms with Crippen LogP contribution in [0.5, 0.6) is 0 Å². The summed E-state index contributed by atoms with van der Waals surface area (Å²) in [5.41, 5.74) is -1.03. The highest BCUT2D eigenvalue weighted by Crippen LogP contribution is 2.23. The van der Waals surface area contributed by atoms with Crippen molar-refractivity contribution in [3.05, 3.63) is 0 Å². The first kappa shape index (κ1) is 12.8. The monoisotopic (exact) mass is 194 g/mol. The number of aliphatic hydroxyl groups is 5. The molecule has 2 unspecified atom stereocenters. The molecule has 5 heteroatoms. The van der Waals surface area contributed by atoms with Gasteiger partial charge in [0.1, 0.15) is 0 Å². The van der Waals surface area contributed by atoms with Gasteiger partial charge in [0, 0.05) is 11.8 Å². The zero-order chi connectivity index (χ0) is 10.5.